The number of carbonyl (C=O) groups excluding carboxylic acids is 3. The predicted molar refractivity (Wildman–Crippen MR) is 151 cm³/mol. The van der Waals surface area contributed by atoms with E-state index in [4.69, 9.17) is 14.2 Å². The highest BCUT2D eigenvalue weighted by Gasteiger charge is 2.26. The van der Waals surface area contributed by atoms with Crippen molar-refractivity contribution in [3.8, 4) is 5.75 Å². The Kier molecular flexibility index (Phi) is 12.1. The maximum absolute atomic E-state index is 12.3. The number of nitrogens with one attached hydrogen (secondary N) is 2. The number of carbonyl (C=O) groups is 3. The molecule has 1 aromatic carbocycles. The number of urea groups is 1. The Morgan fingerprint density at radius 1 is 1.08 bits per heavy atom. The lowest BCUT2D eigenvalue weighted by Gasteiger charge is -2.37. The maximum atomic E-state index is 12.3. The molecule has 0 unspecified atom stereocenters. The summed E-state index contributed by atoms with van der Waals surface area (Å²) in [6.45, 7) is 13.0. The second-order valence-electron chi connectivity index (χ2n) is 11.5. The number of amidine groups is 1. The third kappa shape index (κ3) is 11.1. The average Bonchev–Trinajstić information content (AvgIpc) is 2.87. The normalized spacial score (nSPS) is 15.7. The van der Waals surface area contributed by atoms with E-state index in [0.717, 1.165) is 30.6 Å². The van der Waals surface area contributed by atoms with Crippen LogP contribution in [-0.4, -0.2) is 67.3 Å². The van der Waals surface area contributed by atoms with Crippen molar-refractivity contribution < 1.29 is 28.6 Å². The fourth-order valence-electron chi connectivity index (χ4n) is 4.35. The van der Waals surface area contributed by atoms with E-state index in [1.165, 1.54) is 7.11 Å². The Bertz CT molecular complexity index is 965. The zero-order chi connectivity index (χ0) is 29.2. The van der Waals surface area contributed by atoms with E-state index in [-0.39, 0.29) is 24.2 Å². The summed E-state index contributed by atoms with van der Waals surface area (Å²) in [5, 5.41) is 15.0. The molecule has 2 N–H and O–H groups in total. The molecule has 3 amide bonds. The molecule has 1 aliphatic rings. The lowest BCUT2D eigenvalue weighted by Crippen LogP contribution is -2.47. The smallest absolute Gasteiger partial charge is 0.408 e. The fourth-order valence-corrected chi connectivity index (χ4v) is 4.35. The van der Waals surface area contributed by atoms with Crippen molar-refractivity contribution in [1.82, 2.24) is 15.5 Å². The molecule has 1 aliphatic heterocycles. The number of amides is 3. The van der Waals surface area contributed by atoms with Crippen LogP contribution in [0.2, 0.25) is 0 Å². The third-order valence-corrected chi connectivity index (χ3v) is 6.80. The van der Waals surface area contributed by atoms with Gasteiger partial charge in [-0.1, -0.05) is 38.7 Å². The SMILES string of the molecule is COC(=O)[C@H](Cc1ccc(OCC[C@@H](C)C2CCN(C(=O)NC(=[N-])C(C)C)CC2)cc1)NC(=O)OC(C)(C)C. The van der Waals surface area contributed by atoms with E-state index in [0.29, 0.717) is 31.5 Å². The number of esters is 1. The molecule has 0 spiro atoms. The van der Waals surface area contributed by atoms with Gasteiger partial charge in [0, 0.05) is 19.5 Å². The number of hydrogen-bond donors (Lipinski definition) is 2. The van der Waals surface area contributed by atoms with Gasteiger partial charge in [-0.15, -0.1) is 0 Å². The van der Waals surface area contributed by atoms with Gasteiger partial charge in [0.1, 0.15) is 17.4 Å². The molecular formula is C29H45N4O6-. The van der Waals surface area contributed by atoms with Crippen LogP contribution >= 0.6 is 0 Å². The molecule has 2 rings (SSSR count). The zero-order valence-corrected chi connectivity index (χ0v) is 24.4. The molecule has 0 aliphatic carbocycles. The van der Waals surface area contributed by atoms with Crippen LogP contribution in [0.3, 0.4) is 0 Å². The average molecular weight is 546 g/mol. The second-order valence-corrected chi connectivity index (χ2v) is 11.5. The fraction of sp³-hybridized carbons (Fsp3) is 0.655. The van der Waals surface area contributed by atoms with Crippen molar-refractivity contribution in [1.29, 1.82) is 0 Å². The molecule has 1 aromatic rings. The van der Waals surface area contributed by atoms with E-state index in [9.17, 15) is 19.8 Å². The molecule has 10 heteroatoms. The van der Waals surface area contributed by atoms with E-state index in [1.54, 1.807) is 25.7 Å². The summed E-state index contributed by atoms with van der Waals surface area (Å²) in [6.07, 6.45) is 2.32. The maximum Gasteiger partial charge on any atom is 0.408 e. The van der Waals surface area contributed by atoms with Gasteiger partial charge < -0.3 is 35.2 Å². The first-order valence-electron chi connectivity index (χ1n) is 13.7. The first-order valence-corrected chi connectivity index (χ1v) is 13.7. The number of benzene rings is 1. The summed E-state index contributed by atoms with van der Waals surface area (Å²) >= 11 is 0. The summed E-state index contributed by atoms with van der Waals surface area (Å²) in [5.74, 6) is 1.03. The number of alkyl carbamates (subject to hydrolysis) is 1. The van der Waals surface area contributed by atoms with Crippen molar-refractivity contribution in [2.75, 3.05) is 26.8 Å². The van der Waals surface area contributed by atoms with Crippen molar-refractivity contribution in [2.45, 2.75) is 78.9 Å². The van der Waals surface area contributed by atoms with Crippen LogP contribution in [0.4, 0.5) is 9.59 Å². The zero-order valence-electron chi connectivity index (χ0n) is 24.4. The molecule has 39 heavy (non-hydrogen) atoms. The van der Waals surface area contributed by atoms with Gasteiger partial charge in [0.25, 0.3) is 0 Å². The topological polar surface area (TPSA) is 128 Å². The minimum absolute atomic E-state index is 0.00132. The molecule has 0 saturated carbocycles. The van der Waals surface area contributed by atoms with Gasteiger partial charge in [0.15, 0.2) is 0 Å². The largest absolute Gasteiger partial charge is 0.494 e. The molecule has 0 bridgehead atoms. The van der Waals surface area contributed by atoms with Crippen molar-refractivity contribution in [2.24, 2.45) is 17.8 Å². The van der Waals surface area contributed by atoms with Gasteiger partial charge >= 0.3 is 12.1 Å². The monoisotopic (exact) mass is 545 g/mol. The van der Waals surface area contributed by atoms with E-state index < -0.39 is 23.7 Å². The van der Waals surface area contributed by atoms with Crippen molar-refractivity contribution >= 4 is 23.9 Å². The van der Waals surface area contributed by atoms with Crippen LogP contribution in [-0.2, 0) is 20.7 Å². The van der Waals surface area contributed by atoms with Crippen LogP contribution in [0.25, 0.3) is 5.41 Å². The number of rotatable bonds is 10. The van der Waals surface area contributed by atoms with Gasteiger partial charge in [-0.2, -0.15) is 0 Å². The molecule has 0 aromatic heterocycles. The van der Waals surface area contributed by atoms with Gasteiger partial charge in [-0.3, -0.25) is 4.79 Å². The van der Waals surface area contributed by atoms with Crippen LogP contribution in [0.5, 0.6) is 5.75 Å². The van der Waals surface area contributed by atoms with E-state index in [1.807, 2.05) is 38.1 Å². The lowest BCUT2D eigenvalue weighted by atomic mass is 9.84. The summed E-state index contributed by atoms with van der Waals surface area (Å²) in [5.41, 5.74) is 0.170. The Labute approximate surface area is 232 Å². The van der Waals surface area contributed by atoms with Crippen LogP contribution in [0.15, 0.2) is 24.3 Å². The quantitative estimate of drug-likeness (QED) is 0.248. The number of likely N-dealkylation sites (tertiary alicyclic amines) is 1. The number of methoxy groups -OCH3 is 1. The summed E-state index contributed by atoms with van der Waals surface area (Å²) in [6, 6.07) is 6.32. The number of ether oxygens (including phenoxy) is 3. The van der Waals surface area contributed by atoms with Crippen LogP contribution in [0.1, 0.15) is 66.4 Å². The lowest BCUT2D eigenvalue weighted by molar-refractivity contribution is -0.143. The van der Waals surface area contributed by atoms with Gasteiger partial charge in [0.05, 0.1) is 13.7 Å². The van der Waals surface area contributed by atoms with E-state index in [2.05, 4.69) is 17.6 Å². The number of nitrogens with zero attached hydrogens (tertiary/aromatic N) is 2. The van der Waals surface area contributed by atoms with Crippen LogP contribution < -0.4 is 15.4 Å². The van der Waals surface area contributed by atoms with Crippen molar-refractivity contribution in [3.63, 3.8) is 0 Å². The molecular weight excluding hydrogens is 500 g/mol. The first-order chi connectivity index (χ1) is 18.3. The van der Waals surface area contributed by atoms with Gasteiger partial charge in [-0.05, 0) is 75.5 Å². The summed E-state index contributed by atoms with van der Waals surface area (Å²) < 4.78 is 16.0. The van der Waals surface area contributed by atoms with E-state index >= 15 is 0 Å². The Balaban J connectivity index is 1.78. The molecule has 0 radical (unpaired) electrons. The summed E-state index contributed by atoms with van der Waals surface area (Å²) in [7, 11) is 1.28. The summed E-state index contributed by atoms with van der Waals surface area (Å²) in [4.78, 5) is 38.4. The first kappa shape index (κ1) is 31.9. The highest BCUT2D eigenvalue weighted by atomic mass is 16.6. The predicted octanol–water partition coefficient (Wildman–Crippen LogP) is 4.75. The minimum atomic E-state index is -0.867. The van der Waals surface area contributed by atoms with Crippen molar-refractivity contribution in [3.05, 3.63) is 35.2 Å². The Morgan fingerprint density at radius 3 is 2.23 bits per heavy atom. The number of piperidine rings is 1. The minimum Gasteiger partial charge on any atom is -0.494 e. The Morgan fingerprint density at radius 2 is 1.69 bits per heavy atom. The highest BCUT2D eigenvalue weighted by Crippen LogP contribution is 2.27. The van der Waals surface area contributed by atoms with Gasteiger partial charge in [-0.25, -0.2) is 9.59 Å². The third-order valence-electron chi connectivity index (χ3n) is 6.80. The molecule has 2 atom stereocenters. The molecule has 1 heterocycles. The van der Waals surface area contributed by atoms with Crippen LogP contribution in [0, 0.1) is 17.8 Å². The Hall–Kier alpha value is -3.30. The number of hydrogen-bond acceptors (Lipinski definition) is 6. The highest BCUT2D eigenvalue weighted by molar-refractivity contribution is 6.00. The second kappa shape index (κ2) is 14.7. The molecule has 1 saturated heterocycles. The standard InChI is InChI=1S/C29H45N4O6/c1-19(2)25(30)32-27(35)33-15-12-22(13-16-33)20(3)14-17-38-23-10-8-21(9-11-23)18-24(26(34)37-7)31-28(36)39-29(4,5)6/h8-11,19-20,22,24H,12-18H2,1-7H3,(H2-,30,31,32,35,36)/q-1/t20-,24+/m1/s1. The molecule has 1 fully saturated rings. The molecule has 218 valence electrons. The van der Waals surface area contributed by atoms with Gasteiger partial charge in [0.2, 0.25) is 6.03 Å². The molecule has 10 nitrogen and oxygen atoms in total.